The number of nitrogens with zero attached hydrogens (tertiary/aromatic N) is 2. The van der Waals surface area contributed by atoms with Crippen molar-refractivity contribution in [3.8, 4) is 0 Å². The Morgan fingerprint density at radius 3 is 2.03 bits per heavy atom. The predicted octanol–water partition coefficient (Wildman–Crippen LogP) is 5.28. The first-order valence-electron chi connectivity index (χ1n) is 12.0. The number of likely N-dealkylation sites (N-methyl/N-ethyl adjacent to an activating group) is 1. The Balaban J connectivity index is 2.07. The molecule has 1 N–H and O–H groups in total. The van der Waals surface area contributed by atoms with E-state index in [4.69, 9.17) is 23.2 Å². The Bertz CT molecular complexity index is 1420. The monoisotopic (exact) mass is 575 g/mol. The Hall–Kier alpha value is -3.07. The molecule has 0 aliphatic heterocycles. The normalized spacial score (nSPS) is 12.1. The van der Waals surface area contributed by atoms with Crippen LogP contribution >= 0.6 is 23.2 Å². The molecule has 0 saturated carbocycles. The number of carbonyl (C=O) groups excluding carboxylic acids is 2. The lowest BCUT2D eigenvalue weighted by Gasteiger charge is -2.32. The van der Waals surface area contributed by atoms with E-state index < -0.39 is 34.4 Å². The summed E-state index contributed by atoms with van der Waals surface area (Å²) in [4.78, 5) is 27.8. The zero-order valence-corrected chi connectivity index (χ0v) is 24.3. The summed E-state index contributed by atoms with van der Waals surface area (Å²) < 4.78 is 28.8. The molecular weight excluding hydrogens is 545 g/mol. The third-order valence-corrected chi connectivity index (χ3v) is 8.66. The van der Waals surface area contributed by atoms with Gasteiger partial charge in [-0.1, -0.05) is 53.0 Å². The van der Waals surface area contributed by atoms with Gasteiger partial charge in [0.2, 0.25) is 11.8 Å². The number of anilines is 1. The van der Waals surface area contributed by atoms with Crippen molar-refractivity contribution in [1.29, 1.82) is 0 Å². The van der Waals surface area contributed by atoms with E-state index in [9.17, 15) is 18.0 Å². The lowest BCUT2D eigenvalue weighted by Crippen LogP contribution is -2.50. The Morgan fingerprint density at radius 2 is 1.47 bits per heavy atom. The SMILES string of the molecule is CNC(=O)[C@H](C)N(Cc1ccc(Cl)c(Cl)c1)C(=O)CN(c1cc(C)cc(C)c1)S(=O)(=O)c1ccc(C)cc1. The molecule has 10 heteroatoms. The van der Waals surface area contributed by atoms with E-state index in [1.807, 2.05) is 26.8 Å². The van der Waals surface area contributed by atoms with Crippen molar-refractivity contribution in [2.75, 3.05) is 17.9 Å². The first kappa shape index (κ1) is 29.5. The molecule has 0 aliphatic rings. The molecule has 0 spiro atoms. The second-order valence-electron chi connectivity index (χ2n) is 9.23. The minimum Gasteiger partial charge on any atom is -0.357 e. The Kier molecular flexibility index (Phi) is 9.46. The molecule has 2 amide bonds. The van der Waals surface area contributed by atoms with Crippen LogP contribution in [0.3, 0.4) is 0 Å². The molecule has 0 aromatic heterocycles. The average molecular weight is 577 g/mol. The van der Waals surface area contributed by atoms with Gasteiger partial charge in [0.25, 0.3) is 10.0 Å². The van der Waals surface area contributed by atoms with E-state index in [0.29, 0.717) is 21.3 Å². The summed E-state index contributed by atoms with van der Waals surface area (Å²) in [6.45, 7) is 6.68. The van der Waals surface area contributed by atoms with Crippen molar-refractivity contribution in [2.24, 2.45) is 0 Å². The van der Waals surface area contributed by atoms with Gasteiger partial charge in [-0.15, -0.1) is 0 Å². The molecule has 0 aliphatic carbocycles. The molecule has 0 bridgehead atoms. The summed E-state index contributed by atoms with van der Waals surface area (Å²) in [5.41, 5.74) is 3.61. The number of hydrogen-bond acceptors (Lipinski definition) is 4. The van der Waals surface area contributed by atoms with Crippen LogP contribution in [0, 0.1) is 20.8 Å². The highest BCUT2D eigenvalue weighted by Crippen LogP contribution is 2.28. The fraction of sp³-hybridized carbons (Fsp3) is 0.286. The Labute approximate surface area is 234 Å². The summed E-state index contributed by atoms with van der Waals surface area (Å²) in [5, 5.41) is 3.22. The van der Waals surface area contributed by atoms with Gasteiger partial charge in [-0.25, -0.2) is 8.42 Å². The van der Waals surface area contributed by atoms with Crippen LogP contribution in [-0.4, -0.2) is 44.8 Å². The van der Waals surface area contributed by atoms with E-state index in [2.05, 4.69) is 5.32 Å². The van der Waals surface area contributed by atoms with Gasteiger partial charge in [0.1, 0.15) is 12.6 Å². The van der Waals surface area contributed by atoms with Crippen LogP contribution in [0.5, 0.6) is 0 Å². The molecule has 0 fully saturated rings. The number of nitrogens with one attached hydrogen (secondary N) is 1. The number of sulfonamides is 1. The second kappa shape index (κ2) is 12.2. The van der Waals surface area contributed by atoms with Gasteiger partial charge in [-0.2, -0.15) is 0 Å². The number of aryl methyl sites for hydroxylation is 3. The molecule has 0 radical (unpaired) electrons. The predicted molar refractivity (Wildman–Crippen MR) is 152 cm³/mol. The van der Waals surface area contributed by atoms with Crippen LogP contribution in [0.4, 0.5) is 5.69 Å². The molecule has 38 heavy (non-hydrogen) atoms. The molecule has 3 rings (SSSR count). The van der Waals surface area contributed by atoms with E-state index in [-0.39, 0.29) is 11.4 Å². The number of amides is 2. The third kappa shape index (κ3) is 6.87. The second-order valence-corrected chi connectivity index (χ2v) is 11.9. The van der Waals surface area contributed by atoms with Crippen molar-refractivity contribution in [1.82, 2.24) is 10.2 Å². The van der Waals surface area contributed by atoms with Crippen molar-refractivity contribution in [3.05, 3.63) is 93.0 Å². The molecule has 3 aromatic rings. The quantitative estimate of drug-likeness (QED) is 0.376. The summed E-state index contributed by atoms with van der Waals surface area (Å²) in [5.74, 6) is -0.945. The standard InChI is InChI=1S/C28H31Cl2N3O4S/c1-18-6-9-24(10-7-18)38(36,37)33(23-13-19(2)12-20(3)14-23)17-27(34)32(21(4)28(35)31-5)16-22-8-11-25(29)26(30)15-22/h6-15,21H,16-17H2,1-5H3,(H,31,35)/t21-/m0/s1. The van der Waals surface area contributed by atoms with Gasteiger partial charge in [0.05, 0.1) is 20.6 Å². The fourth-order valence-electron chi connectivity index (χ4n) is 4.09. The fourth-order valence-corrected chi connectivity index (χ4v) is 5.81. The number of rotatable bonds is 9. The van der Waals surface area contributed by atoms with E-state index >= 15 is 0 Å². The number of hydrogen-bond donors (Lipinski definition) is 1. The highest BCUT2D eigenvalue weighted by Gasteiger charge is 2.32. The lowest BCUT2D eigenvalue weighted by molar-refractivity contribution is -0.139. The topological polar surface area (TPSA) is 86.8 Å². The molecule has 0 saturated heterocycles. The molecule has 7 nitrogen and oxygen atoms in total. The van der Waals surface area contributed by atoms with Crippen molar-refractivity contribution < 1.29 is 18.0 Å². The zero-order chi connectivity index (χ0) is 28.2. The largest absolute Gasteiger partial charge is 0.357 e. The minimum absolute atomic E-state index is 0.0234. The van der Waals surface area contributed by atoms with Gasteiger partial charge in [0, 0.05) is 13.6 Å². The smallest absolute Gasteiger partial charge is 0.264 e. The summed E-state index contributed by atoms with van der Waals surface area (Å²) in [6, 6.07) is 15.9. The van der Waals surface area contributed by atoms with Crippen LogP contribution in [0.25, 0.3) is 0 Å². The van der Waals surface area contributed by atoms with Crippen molar-refractivity contribution >= 4 is 50.7 Å². The summed E-state index contributed by atoms with van der Waals surface area (Å²) in [6.07, 6.45) is 0. The van der Waals surface area contributed by atoms with Crippen molar-refractivity contribution in [3.63, 3.8) is 0 Å². The van der Waals surface area contributed by atoms with Crippen LogP contribution < -0.4 is 9.62 Å². The Morgan fingerprint density at radius 1 is 0.868 bits per heavy atom. The summed E-state index contributed by atoms with van der Waals surface area (Å²) >= 11 is 12.2. The van der Waals surface area contributed by atoms with Crippen LogP contribution in [0.15, 0.2) is 65.6 Å². The zero-order valence-electron chi connectivity index (χ0n) is 22.0. The maximum atomic E-state index is 13.9. The van der Waals surface area contributed by atoms with Crippen molar-refractivity contribution in [2.45, 2.75) is 45.2 Å². The van der Waals surface area contributed by atoms with E-state index in [0.717, 1.165) is 21.0 Å². The highest BCUT2D eigenvalue weighted by atomic mass is 35.5. The van der Waals surface area contributed by atoms with E-state index in [1.165, 1.54) is 24.1 Å². The maximum Gasteiger partial charge on any atom is 0.264 e. The van der Waals surface area contributed by atoms with Gasteiger partial charge < -0.3 is 10.2 Å². The molecular formula is C28H31Cl2N3O4S. The minimum atomic E-state index is -4.12. The number of benzene rings is 3. The van der Waals surface area contributed by atoms with E-state index in [1.54, 1.807) is 49.4 Å². The maximum absolute atomic E-state index is 13.9. The molecule has 3 aromatic carbocycles. The molecule has 0 unspecified atom stereocenters. The van der Waals surface area contributed by atoms with Gasteiger partial charge in [-0.3, -0.25) is 13.9 Å². The first-order valence-corrected chi connectivity index (χ1v) is 14.2. The van der Waals surface area contributed by atoms with Crippen LogP contribution in [-0.2, 0) is 26.2 Å². The molecule has 0 heterocycles. The third-order valence-electron chi connectivity index (χ3n) is 6.13. The highest BCUT2D eigenvalue weighted by molar-refractivity contribution is 7.92. The lowest BCUT2D eigenvalue weighted by atomic mass is 10.1. The van der Waals surface area contributed by atoms with Crippen LogP contribution in [0.1, 0.15) is 29.2 Å². The van der Waals surface area contributed by atoms with Crippen LogP contribution in [0.2, 0.25) is 10.0 Å². The molecule has 202 valence electrons. The van der Waals surface area contributed by atoms with Gasteiger partial charge >= 0.3 is 0 Å². The average Bonchev–Trinajstić information content (AvgIpc) is 2.86. The summed E-state index contributed by atoms with van der Waals surface area (Å²) in [7, 11) is -2.65. The first-order chi connectivity index (χ1) is 17.8. The molecule has 1 atom stereocenters. The van der Waals surface area contributed by atoms with Gasteiger partial charge in [-0.05, 0) is 80.8 Å². The van der Waals surface area contributed by atoms with Gasteiger partial charge in [0.15, 0.2) is 0 Å². The number of carbonyl (C=O) groups is 2. The number of halogens is 2.